The summed E-state index contributed by atoms with van der Waals surface area (Å²) in [6.07, 6.45) is 4.41. The normalized spacial score (nSPS) is 14.8. The minimum atomic E-state index is 0.0482. The van der Waals surface area contributed by atoms with Gasteiger partial charge < -0.3 is 9.64 Å². The Kier molecular flexibility index (Phi) is 5.57. The van der Waals surface area contributed by atoms with Gasteiger partial charge in [-0.15, -0.1) is 0 Å². The van der Waals surface area contributed by atoms with E-state index in [1.807, 2.05) is 29.2 Å². The second-order valence-electron chi connectivity index (χ2n) is 5.89. The maximum absolute atomic E-state index is 12.3. The van der Waals surface area contributed by atoms with Crippen molar-refractivity contribution in [3.8, 4) is 5.75 Å². The van der Waals surface area contributed by atoms with Gasteiger partial charge in [0.2, 0.25) is 0 Å². The first-order valence-corrected chi connectivity index (χ1v) is 8.42. The molecule has 116 valence electrons. The number of nitrogens with zero attached hydrogens (tertiary/aromatic N) is 1. The third kappa shape index (κ3) is 3.54. The average molecular weight is 307 g/mol. The molecule has 1 aliphatic rings. The Balaban J connectivity index is 2.29. The van der Waals surface area contributed by atoms with Crippen molar-refractivity contribution < 1.29 is 9.53 Å². The van der Waals surface area contributed by atoms with E-state index in [1.165, 1.54) is 0 Å². The van der Waals surface area contributed by atoms with Crippen molar-refractivity contribution in [2.45, 2.75) is 39.5 Å². The van der Waals surface area contributed by atoms with Crippen LogP contribution in [-0.2, 0) is 4.79 Å². The molecule has 4 heteroatoms. The summed E-state index contributed by atoms with van der Waals surface area (Å²) in [5.74, 6) is 1.66. The van der Waals surface area contributed by atoms with Crippen molar-refractivity contribution in [1.82, 2.24) is 0 Å². The zero-order chi connectivity index (χ0) is 15.3. The van der Waals surface area contributed by atoms with Gasteiger partial charge in [-0.05, 0) is 36.1 Å². The molecule has 0 radical (unpaired) electrons. The largest absolute Gasteiger partial charge is 0.482 e. The number of ether oxygens (including phenoxy) is 1. The quantitative estimate of drug-likeness (QED) is 0.774. The Morgan fingerprint density at radius 2 is 1.90 bits per heavy atom. The Labute approximate surface area is 133 Å². The van der Waals surface area contributed by atoms with E-state index in [0.29, 0.717) is 0 Å². The van der Waals surface area contributed by atoms with Gasteiger partial charge in [0, 0.05) is 6.54 Å². The summed E-state index contributed by atoms with van der Waals surface area (Å²) < 4.78 is 5.52. The molecule has 0 unspecified atom stereocenters. The molecular weight excluding hydrogens is 282 g/mol. The van der Waals surface area contributed by atoms with Crippen LogP contribution in [0.1, 0.15) is 39.5 Å². The summed E-state index contributed by atoms with van der Waals surface area (Å²) in [5.41, 5.74) is 0.985. The van der Waals surface area contributed by atoms with Crippen molar-refractivity contribution in [2.75, 3.05) is 23.8 Å². The minimum absolute atomic E-state index is 0.0482. The molecule has 0 atom stereocenters. The Morgan fingerprint density at radius 3 is 2.52 bits per heavy atom. The maximum Gasteiger partial charge on any atom is 0.265 e. The van der Waals surface area contributed by atoms with Crippen molar-refractivity contribution in [2.24, 2.45) is 5.41 Å². The molecule has 2 rings (SSSR count). The number of hydrogen-bond donors (Lipinski definition) is 1. The van der Waals surface area contributed by atoms with E-state index >= 15 is 0 Å². The molecular formula is C17H25NO2S. The summed E-state index contributed by atoms with van der Waals surface area (Å²) in [6, 6.07) is 7.79. The van der Waals surface area contributed by atoms with Gasteiger partial charge in [-0.2, -0.15) is 12.6 Å². The first-order chi connectivity index (χ1) is 10.2. The van der Waals surface area contributed by atoms with E-state index in [2.05, 4.69) is 26.5 Å². The van der Waals surface area contributed by atoms with E-state index in [0.717, 1.165) is 49.4 Å². The van der Waals surface area contributed by atoms with E-state index in [4.69, 9.17) is 4.74 Å². The summed E-state index contributed by atoms with van der Waals surface area (Å²) >= 11 is 4.60. The molecule has 0 aromatic heterocycles. The molecule has 0 bridgehead atoms. The number of benzene rings is 1. The zero-order valence-electron chi connectivity index (χ0n) is 13.0. The summed E-state index contributed by atoms with van der Waals surface area (Å²) in [5, 5.41) is 0. The van der Waals surface area contributed by atoms with Crippen LogP contribution in [0.5, 0.6) is 5.75 Å². The number of thiol groups is 1. The van der Waals surface area contributed by atoms with Gasteiger partial charge in [-0.1, -0.05) is 38.8 Å². The molecule has 1 aromatic carbocycles. The lowest BCUT2D eigenvalue weighted by Gasteiger charge is -2.39. The maximum atomic E-state index is 12.3. The minimum Gasteiger partial charge on any atom is -0.482 e. The Morgan fingerprint density at radius 1 is 1.24 bits per heavy atom. The van der Waals surface area contributed by atoms with E-state index in [9.17, 15) is 4.79 Å². The fraction of sp³-hybridized carbons (Fsp3) is 0.588. The molecule has 0 fully saturated rings. The smallest absolute Gasteiger partial charge is 0.265 e. The van der Waals surface area contributed by atoms with Crippen LogP contribution in [-0.4, -0.2) is 24.8 Å². The van der Waals surface area contributed by atoms with Crippen LogP contribution in [0.15, 0.2) is 24.3 Å². The molecule has 3 nitrogen and oxygen atoms in total. The fourth-order valence-electron chi connectivity index (χ4n) is 3.21. The van der Waals surface area contributed by atoms with Crippen LogP contribution >= 0.6 is 12.6 Å². The summed E-state index contributed by atoms with van der Waals surface area (Å²) in [7, 11) is 0. The number of hydrogen-bond acceptors (Lipinski definition) is 3. The number of amides is 1. The fourth-order valence-corrected chi connectivity index (χ4v) is 3.63. The third-order valence-corrected chi connectivity index (χ3v) is 4.87. The van der Waals surface area contributed by atoms with Crippen LogP contribution in [0.25, 0.3) is 0 Å². The monoisotopic (exact) mass is 307 g/mol. The third-order valence-electron chi connectivity index (χ3n) is 4.20. The van der Waals surface area contributed by atoms with Crippen LogP contribution < -0.4 is 9.64 Å². The van der Waals surface area contributed by atoms with Gasteiger partial charge in [0.15, 0.2) is 6.61 Å². The highest BCUT2D eigenvalue weighted by Crippen LogP contribution is 2.38. The van der Waals surface area contributed by atoms with Gasteiger partial charge in [-0.25, -0.2) is 0 Å². The molecule has 1 amide bonds. The zero-order valence-corrected chi connectivity index (χ0v) is 13.9. The van der Waals surface area contributed by atoms with Crippen molar-refractivity contribution in [3.05, 3.63) is 24.3 Å². The van der Waals surface area contributed by atoms with Crippen LogP contribution in [0, 0.1) is 5.41 Å². The topological polar surface area (TPSA) is 29.5 Å². The van der Waals surface area contributed by atoms with E-state index < -0.39 is 0 Å². The van der Waals surface area contributed by atoms with Gasteiger partial charge in [-0.3, -0.25) is 4.79 Å². The van der Waals surface area contributed by atoms with Crippen LogP contribution in [0.4, 0.5) is 5.69 Å². The molecule has 0 N–H and O–H groups in total. The first kappa shape index (κ1) is 16.2. The van der Waals surface area contributed by atoms with E-state index in [-0.39, 0.29) is 17.9 Å². The standard InChI is InChI=1S/C17H25NO2S/c1-3-9-17(13-21,10-4-2)12-18-14-7-5-6-8-15(14)20-11-16(18)19/h5-8,21H,3-4,9-13H2,1-2H3. The Hall–Kier alpha value is -1.16. The number of para-hydroxylation sites is 2. The highest BCUT2D eigenvalue weighted by atomic mass is 32.1. The number of anilines is 1. The molecule has 21 heavy (non-hydrogen) atoms. The number of fused-ring (bicyclic) bond motifs is 1. The molecule has 1 aromatic rings. The van der Waals surface area contributed by atoms with Gasteiger partial charge in [0.1, 0.15) is 5.75 Å². The van der Waals surface area contributed by atoms with Crippen LogP contribution in [0.3, 0.4) is 0 Å². The lowest BCUT2D eigenvalue weighted by molar-refractivity contribution is -0.121. The van der Waals surface area contributed by atoms with E-state index in [1.54, 1.807) is 0 Å². The second-order valence-corrected chi connectivity index (χ2v) is 6.21. The lowest BCUT2D eigenvalue weighted by atomic mass is 9.80. The highest BCUT2D eigenvalue weighted by Gasteiger charge is 2.34. The lowest BCUT2D eigenvalue weighted by Crippen LogP contribution is -2.46. The molecule has 0 aliphatic carbocycles. The highest BCUT2D eigenvalue weighted by molar-refractivity contribution is 7.80. The number of rotatable bonds is 7. The van der Waals surface area contributed by atoms with Gasteiger partial charge in [0.05, 0.1) is 5.69 Å². The summed E-state index contributed by atoms with van der Waals surface area (Å²) in [6.45, 7) is 5.27. The van der Waals surface area contributed by atoms with Gasteiger partial charge >= 0.3 is 0 Å². The van der Waals surface area contributed by atoms with Crippen molar-refractivity contribution >= 4 is 24.2 Å². The SMILES string of the molecule is CCCC(CS)(CCC)CN1C(=O)COc2ccccc21. The molecule has 0 saturated carbocycles. The van der Waals surface area contributed by atoms with Crippen molar-refractivity contribution in [1.29, 1.82) is 0 Å². The molecule has 1 aliphatic heterocycles. The second kappa shape index (κ2) is 7.21. The predicted molar refractivity (Wildman–Crippen MR) is 90.4 cm³/mol. The molecule has 0 saturated heterocycles. The Bertz CT molecular complexity index is 483. The first-order valence-electron chi connectivity index (χ1n) is 7.79. The number of carbonyl (C=O) groups is 1. The average Bonchev–Trinajstić information content (AvgIpc) is 2.50. The van der Waals surface area contributed by atoms with Crippen LogP contribution in [0.2, 0.25) is 0 Å². The summed E-state index contributed by atoms with van der Waals surface area (Å²) in [4.78, 5) is 14.2. The predicted octanol–water partition coefficient (Wildman–Crippen LogP) is 3.93. The van der Waals surface area contributed by atoms with Gasteiger partial charge in [0.25, 0.3) is 5.91 Å². The number of carbonyl (C=O) groups excluding carboxylic acids is 1. The molecule has 1 heterocycles. The molecule has 0 spiro atoms. The van der Waals surface area contributed by atoms with Crippen molar-refractivity contribution in [3.63, 3.8) is 0 Å².